The highest BCUT2D eigenvalue weighted by atomic mass is 79.9. The molecule has 1 N–H and O–H groups in total. The largest absolute Gasteiger partial charge is 0.311 e. The van der Waals surface area contributed by atoms with E-state index in [2.05, 4.69) is 26.2 Å². The molecule has 1 rings (SSSR count). The van der Waals surface area contributed by atoms with E-state index in [1.165, 1.54) is 0 Å². The quantitative estimate of drug-likeness (QED) is 0.918. The highest BCUT2D eigenvalue weighted by Crippen LogP contribution is 2.10. The first-order valence-electron chi connectivity index (χ1n) is 4.12. The van der Waals surface area contributed by atoms with Gasteiger partial charge in [0.1, 0.15) is 5.82 Å². The molecule has 5 heteroatoms. The lowest BCUT2D eigenvalue weighted by Crippen LogP contribution is -2.12. The second-order valence-corrected chi connectivity index (χ2v) is 4.55. The molecular formula is C9H11BrN2OS. The summed E-state index contributed by atoms with van der Waals surface area (Å²) in [6.07, 6.45) is 4.16. The number of carbonyl (C=O) groups excluding carboxylic acids is 1. The van der Waals surface area contributed by atoms with Crippen molar-refractivity contribution in [2.45, 2.75) is 6.42 Å². The Kier molecular flexibility index (Phi) is 4.97. The highest BCUT2D eigenvalue weighted by molar-refractivity contribution is 9.10. The highest BCUT2D eigenvalue weighted by Gasteiger charge is 2.01. The Morgan fingerprint density at radius 3 is 3.00 bits per heavy atom. The molecule has 1 aromatic heterocycles. The van der Waals surface area contributed by atoms with E-state index in [4.69, 9.17) is 0 Å². The number of thioether (sulfide) groups is 1. The normalized spacial score (nSPS) is 9.86. The van der Waals surface area contributed by atoms with Crippen LogP contribution in [0.2, 0.25) is 0 Å². The lowest BCUT2D eigenvalue weighted by Gasteiger charge is -2.02. The van der Waals surface area contributed by atoms with Crippen molar-refractivity contribution in [2.24, 2.45) is 0 Å². The number of pyridine rings is 1. The van der Waals surface area contributed by atoms with Crippen molar-refractivity contribution >= 4 is 39.4 Å². The Morgan fingerprint density at radius 1 is 1.64 bits per heavy atom. The Labute approximate surface area is 95.8 Å². The number of amides is 1. The summed E-state index contributed by atoms with van der Waals surface area (Å²) in [5.41, 5.74) is 0. The molecule has 0 aliphatic rings. The third-order valence-electron chi connectivity index (χ3n) is 1.53. The maximum Gasteiger partial charge on any atom is 0.226 e. The zero-order valence-corrected chi connectivity index (χ0v) is 10.2. The van der Waals surface area contributed by atoms with Crippen molar-refractivity contribution < 1.29 is 4.79 Å². The average molecular weight is 275 g/mol. The van der Waals surface area contributed by atoms with Crippen LogP contribution in [0.3, 0.4) is 0 Å². The maximum absolute atomic E-state index is 11.3. The zero-order chi connectivity index (χ0) is 10.4. The molecule has 0 fully saturated rings. The molecule has 0 atom stereocenters. The molecule has 0 aromatic carbocycles. The van der Waals surface area contributed by atoms with Gasteiger partial charge >= 0.3 is 0 Å². The van der Waals surface area contributed by atoms with Crippen LogP contribution in [0.25, 0.3) is 0 Å². The lowest BCUT2D eigenvalue weighted by atomic mass is 10.4. The summed E-state index contributed by atoms with van der Waals surface area (Å²) >= 11 is 4.93. The number of hydrogen-bond acceptors (Lipinski definition) is 3. The fraction of sp³-hybridized carbons (Fsp3) is 0.333. The van der Waals surface area contributed by atoms with Gasteiger partial charge in [0.2, 0.25) is 5.91 Å². The van der Waals surface area contributed by atoms with E-state index in [0.29, 0.717) is 12.2 Å². The van der Waals surface area contributed by atoms with Crippen LogP contribution in [0.4, 0.5) is 5.82 Å². The van der Waals surface area contributed by atoms with Crippen LogP contribution in [0.15, 0.2) is 22.8 Å². The first-order valence-corrected chi connectivity index (χ1v) is 6.31. The van der Waals surface area contributed by atoms with Gasteiger partial charge < -0.3 is 5.32 Å². The molecule has 76 valence electrons. The Morgan fingerprint density at radius 2 is 2.43 bits per heavy atom. The number of halogens is 1. The molecule has 1 heterocycles. The van der Waals surface area contributed by atoms with Gasteiger partial charge in [-0.2, -0.15) is 11.8 Å². The number of carbonyl (C=O) groups is 1. The molecule has 1 aromatic rings. The summed E-state index contributed by atoms with van der Waals surface area (Å²) in [4.78, 5) is 15.3. The van der Waals surface area contributed by atoms with E-state index in [1.54, 1.807) is 24.0 Å². The summed E-state index contributed by atoms with van der Waals surface area (Å²) in [5.74, 6) is 1.44. The molecule has 1 amide bonds. The van der Waals surface area contributed by atoms with Crippen LogP contribution >= 0.6 is 27.7 Å². The third-order valence-corrected chi connectivity index (χ3v) is 2.61. The van der Waals surface area contributed by atoms with Crippen molar-refractivity contribution in [3.8, 4) is 0 Å². The predicted octanol–water partition coefficient (Wildman–Crippen LogP) is 2.54. The third kappa shape index (κ3) is 4.11. The van der Waals surface area contributed by atoms with Gasteiger partial charge in [0.15, 0.2) is 0 Å². The van der Waals surface area contributed by atoms with Gasteiger partial charge in [-0.1, -0.05) is 0 Å². The topological polar surface area (TPSA) is 42.0 Å². The van der Waals surface area contributed by atoms with Gasteiger partial charge in [-0.15, -0.1) is 0 Å². The van der Waals surface area contributed by atoms with Crippen LogP contribution in [0.1, 0.15) is 6.42 Å². The minimum atomic E-state index is 0.00849. The Bertz CT molecular complexity index is 302. The van der Waals surface area contributed by atoms with E-state index in [1.807, 2.05) is 12.3 Å². The van der Waals surface area contributed by atoms with Gasteiger partial charge in [0.05, 0.1) is 0 Å². The zero-order valence-electron chi connectivity index (χ0n) is 7.79. The number of hydrogen-bond donors (Lipinski definition) is 1. The van der Waals surface area contributed by atoms with Gasteiger partial charge in [0.25, 0.3) is 0 Å². The van der Waals surface area contributed by atoms with Crippen molar-refractivity contribution in [1.82, 2.24) is 4.98 Å². The van der Waals surface area contributed by atoms with Crippen LogP contribution in [0, 0.1) is 0 Å². The molecule has 0 radical (unpaired) electrons. The molecule has 0 aliphatic heterocycles. The molecule has 0 aliphatic carbocycles. The van der Waals surface area contributed by atoms with Crippen LogP contribution in [-0.2, 0) is 4.79 Å². The van der Waals surface area contributed by atoms with Crippen molar-refractivity contribution in [1.29, 1.82) is 0 Å². The molecule has 0 unspecified atom stereocenters. The number of nitrogens with zero attached hydrogens (tertiary/aromatic N) is 1. The number of aromatic nitrogens is 1. The van der Waals surface area contributed by atoms with E-state index in [0.717, 1.165) is 10.2 Å². The van der Waals surface area contributed by atoms with E-state index < -0.39 is 0 Å². The monoisotopic (exact) mass is 274 g/mol. The average Bonchev–Trinajstić information content (AvgIpc) is 2.18. The number of anilines is 1. The van der Waals surface area contributed by atoms with Crippen molar-refractivity contribution in [3.05, 3.63) is 22.8 Å². The predicted molar refractivity (Wildman–Crippen MR) is 63.6 cm³/mol. The van der Waals surface area contributed by atoms with Crippen LogP contribution in [-0.4, -0.2) is 22.9 Å². The Balaban J connectivity index is 2.44. The first kappa shape index (κ1) is 11.5. The molecule has 0 bridgehead atoms. The smallest absolute Gasteiger partial charge is 0.226 e. The standard InChI is InChI=1S/C9H11BrN2OS/c1-14-5-4-9(13)12-8-3-2-7(10)6-11-8/h2-3,6H,4-5H2,1H3,(H,11,12,13). The molecule has 0 spiro atoms. The van der Waals surface area contributed by atoms with Gasteiger partial charge in [-0.05, 0) is 34.3 Å². The number of nitrogens with one attached hydrogen (secondary N) is 1. The van der Waals surface area contributed by atoms with E-state index in [9.17, 15) is 4.79 Å². The van der Waals surface area contributed by atoms with Crippen molar-refractivity contribution in [2.75, 3.05) is 17.3 Å². The van der Waals surface area contributed by atoms with Crippen molar-refractivity contribution in [3.63, 3.8) is 0 Å². The molecule has 0 saturated heterocycles. The van der Waals surface area contributed by atoms with E-state index in [-0.39, 0.29) is 5.91 Å². The van der Waals surface area contributed by atoms with Crippen LogP contribution in [0.5, 0.6) is 0 Å². The molecule has 3 nitrogen and oxygen atoms in total. The number of rotatable bonds is 4. The second-order valence-electron chi connectivity index (χ2n) is 2.65. The van der Waals surface area contributed by atoms with Gasteiger partial charge in [0, 0.05) is 22.8 Å². The van der Waals surface area contributed by atoms with Gasteiger partial charge in [-0.3, -0.25) is 4.79 Å². The fourth-order valence-electron chi connectivity index (χ4n) is 0.850. The maximum atomic E-state index is 11.3. The summed E-state index contributed by atoms with van der Waals surface area (Å²) in [7, 11) is 0. The molecular weight excluding hydrogens is 264 g/mol. The summed E-state index contributed by atoms with van der Waals surface area (Å²) in [5, 5.41) is 2.72. The SMILES string of the molecule is CSCCC(=O)Nc1ccc(Br)cn1. The minimum absolute atomic E-state index is 0.00849. The minimum Gasteiger partial charge on any atom is -0.311 e. The summed E-state index contributed by atoms with van der Waals surface area (Å²) in [6, 6.07) is 3.61. The lowest BCUT2D eigenvalue weighted by molar-refractivity contribution is -0.115. The second kappa shape index (κ2) is 6.03. The van der Waals surface area contributed by atoms with Gasteiger partial charge in [-0.25, -0.2) is 4.98 Å². The molecule has 14 heavy (non-hydrogen) atoms. The summed E-state index contributed by atoms with van der Waals surface area (Å²) in [6.45, 7) is 0. The van der Waals surface area contributed by atoms with E-state index >= 15 is 0 Å². The first-order chi connectivity index (χ1) is 6.72. The summed E-state index contributed by atoms with van der Waals surface area (Å²) < 4.78 is 0.902. The van der Waals surface area contributed by atoms with Crippen LogP contribution < -0.4 is 5.32 Å². The molecule has 0 saturated carbocycles. The fourth-order valence-corrected chi connectivity index (χ4v) is 1.47. The Hall–Kier alpha value is -0.550.